The zero-order valence-corrected chi connectivity index (χ0v) is 57.1. The van der Waals surface area contributed by atoms with Crippen molar-refractivity contribution in [3.05, 3.63) is 23.3 Å². The maximum absolute atomic E-state index is 13.4. The standard InChI is InChI=1S/C73H130N10O4/c1-50(2)18-11-20-52(5)60-26-28-62-58-24-22-54-48-56(30-34-70(54,7)64(58)32-36-72(60,62)9)86-68(84)80-40-15-44-82(42-13-38-78-66(74)75)46-17-47-83(43-14-39-79-67(76)77)45-16-41-81-69(85)87-57-31-35-71(8)55(49-57)23-25-59-63-29-27-61(53(6)21-12-19-51(3)4)73(63,10)37-33-65(59)71/h22-23,50-53,56-65H,11-21,24-49H2,1-10H3,(H,80,84)(H,81,85)(H4,74,75,78)(H4,76,77,79). The SMILES string of the molecule is CC(C)CCCC(C)C1CCC2C3CC=C4CC(OC(=O)NCCCN(CCCN=C(N)N)CCCN(CCCN=C(N)N)CCCNC(=O)OC5CCC6(C)C(=CCC7C6CCC6(C)C(C(C)CCCC(C)C)CCC76)C5)CCC4(C)C3CCC12C. The zero-order chi connectivity index (χ0) is 62.5. The molecule has 8 aliphatic rings. The van der Waals surface area contributed by atoms with Gasteiger partial charge < -0.3 is 52.8 Å². The van der Waals surface area contributed by atoms with Crippen LogP contribution in [0.25, 0.3) is 0 Å². The van der Waals surface area contributed by atoms with Gasteiger partial charge >= 0.3 is 12.2 Å². The number of nitrogens with one attached hydrogen (secondary N) is 2. The summed E-state index contributed by atoms with van der Waals surface area (Å²) in [4.78, 5) is 40.2. The first-order valence-electron chi connectivity index (χ1n) is 36.4. The summed E-state index contributed by atoms with van der Waals surface area (Å²) in [6, 6.07) is 0. The van der Waals surface area contributed by atoms with Crippen molar-refractivity contribution < 1.29 is 19.1 Å². The molecule has 87 heavy (non-hydrogen) atoms. The van der Waals surface area contributed by atoms with Crippen LogP contribution in [0.5, 0.6) is 0 Å². The quantitative estimate of drug-likeness (QED) is 0.0162. The van der Waals surface area contributed by atoms with Gasteiger partial charge in [-0.2, -0.15) is 0 Å². The minimum atomic E-state index is -0.290. The van der Waals surface area contributed by atoms with Crippen LogP contribution in [0.1, 0.15) is 243 Å². The maximum Gasteiger partial charge on any atom is 0.407 e. The second-order valence-electron chi connectivity index (χ2n) is 32.0. The average Bonchev–Trinajstić information content (AvgIpc) is 1.72. The summed E-state index contributed by atoms with van der Waals surface area (Å²) < 4.78 is 12.4. The number of nitrogens with zero attached hydrogens (tertiary/aromatic N) is 4. The number of carbonyl (C=O) groups is 2. The minimum Gasteiger partial charge on any atom is -0.446 e. The first kappa shape index (κ1) is 69.4. The molecule has 496 valence electrons. The molecule has 0 radical (unpaired) electrons. The van der Waals surface area contributed by atoms with Crippen LogP contribution in [0.15, 0.2) is 33.3 Å². The summed E-state index contributed by atoms with van der Waals surface area (Å²) in [5.41, 5.74) is 27.3. The molecular weight excluding hydrogens is 1080 g/mol. The van der Waals surface area contributed by atoms with E-state index in [4.69, 9.17) is 32.4 Å². The van der Waals surface area contributed by atoms with Gasteiger partial charge in [0, 0.05) is 39.0 Å². The van der Waals surface area contributed by atoms with E-state index in [0.717, 1.165) is 181 Å². The molecule has 14 nitrogen and oxygen atoms in total. The summed E-state index contributed by atoms with van der Waals surface area (Å²) in [5.74, 6) is 10.0. The highest BCUT2D eigenvalue weighted by Crippen LogP contribution is 2.69. The first-order chi connectivity index (χ1) is 41.5. The third-order valence-corrected chi connectivity index (χ3v) is 25.7. The Morgan fingerprint density at radius 1 is 0.506 bits per heavy atom. The molecule has 8 rings (SSSR count). The van der Waals surface area contributed by atoms with E-state index in [1.165, 1.54) is 103 Å². The van der Waals surface area contributed by atoms with E-state index in [-0.39, 0.29) is 47.1 Å². The molecular formula is C73H130N10O4. The van der Waals surface area contributed by atoms with Crippen molar-refractivity contribution in [2.75, 3.05) is 65.4 Å². The fraction of sp³-hybridized carbons (Fsp3) is 0.890. The van der Waals surface area contributed by atoms with Gasteiger partial charge in [0.2, 0.25) is 0 Å². The van der Waals surface area contributed by atoms with Crippen LogP contribution in [-0.2, 0) is 9.47 Å². The second kappa shape index (κ2) is 31.7. The molecule has 0 heterocycles. The number of hydrogen-bond acceptors (Lipinski definition) is 8. The van der Waals surface area contributed by atoms with Gasteiger partial charge in [0.15, 0.2) is 11.9 Å². The van der Waals surface area contributed by atoms with Gasteiger partial charge in [0.25, 0.3) is 0 Å². The van der Waals surface area contributed by atoms with E-state index in [1.807, 2.05) is 0 Å². The third kappa shape index (κ3) is 17.5. The molecule has 8 aliphatic carbocycles. The lowest BCUT2D eigenvalue weighted by Crippen LogP contribution is -2.51. The van der Waals surface area contributed by atoms with Crippen LogP contribution >= 0.6 is 0 Å². The number of amides is 2. The van der Waals surface area contributed by atoms with Crippen molar-refractivity contribution in [1.82, 2.24) is 20.4 Å². The topological polar surface area (TPSA) is 212 Å². The highest BCUT2D eigenvalue weighted by Gasteiger charge is 2.61. The predicted molar refractivity (Wildman–Crippen MR) is 360 cm³/mol. The third-order valence-electron chi connectivity index (χ3n) is 25.7. The molecule has 0 aliphatic heterocycles. The van der Waals surface area contributed by atoms with Crippen molar-refractivity contribution in [2.24, 2.45) is 126 Å². The van der Waals surface area contributed by atoms with Crippen LogP contribution < -0.4 is 33.6 Å². The molecule has 16 unspecified atom stereocenters. The van der Waals surface area contributed by atoms with Crippen molar-refractivity contribution in [2.45, 2.75) is 255 Å². The monoisotopic (exact) mass is 1210 g/mol. The van der Waals surface area contributed by atoms with Gasteiger partial charge in [-0.05, 0) is 254 Å². The molecule has 10 N–H and O–H groups in total. The van der Waals surface area contributed by atoms with Crippen molar-refractivity contribution >= 4 is 24.1 Å². The Morgan fingerprint density at radius 3 is 1.29 bits per heavy atom. The maximum atomic E-state index is 13.4. The molecule has 6 fully saturated rings. The Kier molecular flexibility index (Phi) is 25.3. The van der Waals surface area contributed by atoms with E-state index in [1.54, 1.807) is 11.1 Å². The fourth-order valence-corrected chi connectivity index (χ4v) is 21.1. The second-order valence-corrected chi connectivity index (χ2v) is 32.0. The molecule has 14 heteroatoms. The fourth-order valence-electron chi connectivity index (χ4n) is 21.1. The normalized spacial score (nSPS) is 34.1. The number of alkyl carbamates (subject to hydrolysis) is 2. The number of hydrogen-bond donors (Lipinski definition) is 6. The predicted octanol–water partition coefficient (Wildman–Crippen LogP) is 14.4. The highest BCUT2D eigenvalue weighted by atomic mass is 16.6. The molecule has 2 amide bonds. The molecule has 0 saturated heterocycles. The first-order valence-corrected chi connectivity index (χ1v) is 36.4. The molecule has 6 saturated carbocycles. The number of carbonyl (C=O) groups excluding carboxylic acids is 2. The summed E-state index contributed by atoms with van der Waals surface area (Å²) >= 11 is 0. The highest BCUT2D eigenvalue weighted by molar-refractivity contribution is 5.76. The molecule has 0 bridgehead atoms. The van der Waals surface area contributed by atoms with Gasteiger partial charge in [-0.15, -0.1) is 0 Å². The van der Waals surface area contributed by atoms with Crippen LogP contribution in [0.2, 0.25) is 0 Å². The molecule has 16 atom stereocenters. The number of guanidine groups is 2. The number of rotatable bonds is 32. The van der Waals surface area contributed by atoms with Crippen molar-refractivity contribution in [3.63, 3.8) is 0 Å². The van der Waals surface area contributed by atoms with Gasteiger partial charge in [-0.25, -0.2) is 9.59 Å². The van der Waals surface area contributed by atoms with Crippen LogP contribution in [0.3, 0.4) is 0 Å². The van der Waals surface area contributed by atoms with Gasteiger partial charge in [0.05, 0.1) is 0 Å². The van der Waals surface area contributed by atoms with Gasteiger partial charge in [0.1, 0.15) is 12.2 Å². The Morgan fingerprint density at radius 2 is 0.897 bits per heavy atom. The lowest BCUT2D eigenvalue weighted by atomic mass is 9.47. The van der Waals surface area contributed by atoms with Gasteiger partial charge in [-0.1, -0.05) is 131 Å². The smallest absolute Gasteiger partial charge is 0.407 e. The summed E-state index contributed by atoms with van der Waals surface area (Å²) in [6.07, 6.45) is 36.4. The summed E-state index contributed by atoms with van der Waals surface area (Å²) in [6.45, 7) is 32.6. The van der Waals surface area contributed by atoms with Crippen LogP contribution in [-0.4, -0.2) is 112 Å². The number of nitrogens with two attached hydrogens (primary N) is 4. The van der Waals surface area contributed by atoms with Crippen molar-refractivity contribution in [1.29, 1.82) is 0 Å². The largest absolute Gasteiger partial charge is 0.446 e. The number of aliphatic imine (C=N–C) groups is 2. The van der Waals surface area contributed by atoms with E-state index in [2.05, 4.69) is 112 Å². The Labute approximate surface area is 530 Å². The summed E-state index contributed by atoms with van der Waals surface area (Å²) in [7, 11) is 0. The molecule has 0 aromatic heterocycles. The Bertz CT molecular complexity index is 2160. The van der Waals surface area contributed by atoms with E-state index < -0.39 is 0 Å². The van der Waals surface area contributed by atoms with E-state index >= 15 is 0 Å². The van der Waals surface area contributed by atoms with E-state index in [9.17, 15) is 9.59 Å². The van der Waals surface area contributed by atoms with Crippen molar-refractivity contribution in [3.8, 4) is 0 Å². The van der Waals surface area contributed by atoms with Crippen LogP contribution in [0, 0.1) is 92.7 Å². The molecule has 0 aromatic carbocycles. The molecule has 0 aromatic rings. The number of ether oxygens (including phenoxy) is 2. The summed E-state index contributed by atoms with van der Waals surface area (Å²) in [5, 5.41) is 6.25. The number of allylic oxidation sites excluding steroid dienone is 2. The minimum absolute atomic E-state index is 0.0647. The lowest BCUT2D eigenvalue weighted by molar-refractivity contribution is -0.0581. The van der Waals surface area contributed by atoms with E-state index in [0.29, 0.717) is 37.0 Å². The zero-order valence-electron chi connectivity index (χ0n) is 57.1. The number of fused-ring (bicyclic) bond motifs is 10. The van der Waals surface area contributed by atoms with Gasteiger partial charge in [-0.3, -0.25) is 9.98 Å². The van der Waals surface area contributed by atoms with Crippen LogP contribution in [0.4, 0.5) is 9.59 Å². The lowest BCUT2D eigenvalue weighted by Gasteiger charge is -2.58. The molecule has 0 spiro atoms. The Balaban J connectivity index is 0.749. The Hall–Kier alpha value is -3.52. The average molecular weight is 1210 g/mol.